The largest absolute Gasteiger partial charge is 0.453 e. The second-order valence-electron chi connectivity index (χ2n) is 3.75. The molecule has 2 rings (SSSR count). The Balaban J connectivity index is 2.45. The van der Waals surface area contributed by atoms with Gasteiger partial charge in [0.25, 0.3) is 0 Å². The fraction of sp³-hybridized carbons (Fsp3) is 0.0769. The molecule has 0 aliphatic heterocycles. The topological polar surface area (TPSA) is 43.4 Å². The molecule has 0 heterocycles. The predicted molar refractivity (Wildman–Crippen MR) is 66.0 cm³/mol. The highest BCUT2D eigenvalue weighted by atomic mass is 32.2. The van der Waals surface area contributed by atoms with Gasteiger partial charge in [0.15, 0.2) is 21.4 Å². The highest BCUT2D eigenvalue weighted by molar-refractivity contribution is 7.90. The highest BCUT2D eigenvalue weighted by Crippen LogP contribution is 2.29. The first-order valence-electron chi connectivity index (χ1n) is 5.20. The molecule has 0 unspecified atom stereocenters. The zero-order valence-electron chi connectivity index (χ0n) is 9.63. The third kappa shape index (κ3) is 2.68. The second kappa shape index (κ2) is 4.78. The van der Waals surface area contributed by atoms with Gasteiger partial charge >= 0.3 is 0 Å². The summed E-state index contributed by atoms with van der Waals surface area (Å²) in [5.41, 5.74) is 0. The third-order valence-corrected chi connectivity index (χ3v) is 3.44. The summed E-state index contributed by atoms with van der Waals surface area (Å²) in [7, 11) is -3.41. The first-order valence-corrected chi connectivity index (χ1v) is 7.09. The maximum atomic E-state index is 13.4. The lowest BCUT2D eigenvalue weighted by atomic mass is 10.3. The Morgan fingerprint density at radius 1 is 0.944 bits per heavy atom. The van der Waals surface area contributed by atoms with Gasteiger partial charge in [0.1, 0.15) is 10.6 Å². The van der Waals surface area contributed by atoms with Crippen molar-refractivity contribution < 1.29 is 17.5 Å². The predicted octanol–water partition coefficient (Wildman–Crippen LogP) is 3.02. The number of ether oxygens (including phenoxy) is 1. The minimum absolute atomic E-state index is 0.00593. The average Bonchev–Trinajstić information content (AvgIpc) is 2.31. The van der Waals surface area contributed by atoms with E-state index >= 15 is 0 Å². The Labute approximate surface area is 105 Å². The SMILES string of the molecule is CS(=O)(=O)c1ccccc1Oc1ccccc1F. The summed E-state index contributed by atoms with van der Waals surface area (Å²) in [6.45, 7) is 0. The molecular weight excluding hydrogens is 255 g/mol. The molecule has 5 heteroatoms. The Morgan fingerprint density at radius 3 is 2.11 bits per heavy atom. The van der Waals surface area contributed by atoms with Crippen LogP contribution in [0.4, 0.5) is 4.39 Å². The molecule has 0 aromatic heterocycles. The molecule has 0 N–H and O–H groups in total. The van der Waals surface area contributed by atoms with E-state index in [1.807, 2.05) is 0 Å². The number of rotatable bonds is 3. The summed E-state index contributed by atoms with van der Waals surface area (Å²) in [4.78, 5) is 0.0354. The number of para-hydroxylation sites is 2. The lowest BCUT2D eigenvalue weighted by Gasteiger charge is -2.10. The van der Waals surface area contributed by atoms with E-state index in [0.29, 0.717) is 0 Å². The van der Waals surface area contributed by atoms with E-state index in [1.54, 1.807) is 18.2 Å². The van der Waals surface area contributed by atoms with E-state index < -0.39 is 15.7 Å². The van der Waals surface area contributed by atoms with Crippen molar-refractivity contribution in [3.05, 3.63) is 54.3 Å². The molecule has 94 valence electrons. The normalized spacial score (nSPS) is 11.2. The van der Waals surface area contributed by atoms with Crippen LogP contribution < -0.4 is 4.74 Å². The molecule has 0 amide bonds. The van der Waals surface area contributed by atoms with Gasteiger partial charge in [-0.15, -0.1) is 0 Å². The quantitative estimate of drug-likeness (QED) is 0.857. The van der Waals surface area contributed by atoms with Crippen molar-refractivity contribution in [2.75, 3.05) is 6.26 Å². The van der Waals surface area contributed by atoms with E-state index in [-0.39, 0.29) is 16.4 Å². The molecule has 3 nitrogen and oxygen atoms in total. The van der Waals surface area contributed by atoms with E-state index in [2.05, 4.69) is 0 Å². The molecule has 2 aromatic carbocycles. The van der Waals surface area contributed by atoms with Gasteiger partial charge in [-0.2, -0.15) is 0 Å². The first-order chi connectivity index (χ1) is 8.48. The van der Waals surface area contributed by atoms with E-state index in [0.717, 1.165) is 6.26 Å². The molecule has 0 atom stereocenters. The third-order valence-electron chi connectivity index (χ3n) is 2.31. The number of benzene rings is 2. The van der Waals surface area contributed by atoms with Gasteiger partial charge in [0.2, 0.25) is 0 Å². The maximum absolute atomic E-state index is 13.4. The molecule has 0 spiro atoms. The molecule has 2 aromatic rings. The van der Waals surface area contributed by atoms with Crippen LogP contribution in [-0.2, 0) is 9.84 Å². The molecule has 0 bridgehead atoms. The first kappa shape index (κ1) is 12.6. The van der Waals surface area contributed by atoms with Crippen LogP contribution in [0.25, 0.3) is 0 Å². The number of hydrogen-bond acceptors (Lipinski definition) is 3. The summed E-state index contributed by atoms with van der Waals surface area (Å²) >= 11 is 0. The molecule has 0 fully saturated rings. The molecular formula is C13H11FO3S. The van der Waals surface area contributed by atoms with Gasteiger partial charge in [-0.1, -0.05) is 24.3 Å². The van der Waals surface area contributed by atoms with Gasteiger partial charge < -0.3 is 4.74 Å². The van der Waals surface area contributed by atoms with Crippen LogP contribution >= 0.6 is 0 Å². The fourth-order valence-corrected chi connectivity index (χ4v) is 2.29. The molecule has 0 radical (unpaired) electrons. The van der Waals surface area contributed by atoms with E-state index in [9.17, 15) is 12.8 Å². The summed E-state index contributed by atoms with van der Waals surface area (Å²) in [6.07, 6.45) is 1.08. The zero-order valence-corrected chi connectivity index (χ0v) is 10.4. The standard InChI is InChI=1S/C13H11FO3S/c1-18(15,16)13-9-5-4-8-12(13)17-11-7-3-2-6-10(11)14/h2-9H,1H3. The van der Waals surface area contributed by atoms with Gasteiger partial charge in [-0.25, -0.2) is 12.8 Å². The Hall–Kier alpha value is -1.88. The summed E-state index contributed by atoms with van der Waals surface area (Å²) in [5, 5.41) is 0. The number of hydrogen-bond donors (Lipinski definition) is 0. The van der Waals surface area contributed by atoms with Crippen molar-refractivity contribution in [2.45, 2.75) is 4.90 Å². The second-order valence-corrected chi connectivity index (χ2v) is 5.74. The van der Waals surface area contributed by atoms with Crippen molar-refractivity contribution in [2.24, 2.45) is 0 Å². The van der Waals surface area contributed by atoms with Crippen LogP contribution in [0.3, 0.4) is 0 Å². The molecule has 0 saturated carbocycles. The van der Waals surface area contributed by atoms with Gasteiger partial charge in [-0.3, -0.25) is 0 Å². The lowest BCUT2D eigenvalue weighted by molar-refractivity contribution is 0.431. The number of halogens is 1. The highest BCUT2D eigenvalue weighted by Gasteiger charge is 2.15. The van der Waals surface area contributed by atoms with Crippen LogP contribution in [0.15, 0.2) is 53.4 Å². The Morgan fingerprint density at radius 2 is 1.50 bits per heavy atom. The van der Waals surface area contributed by atoms with Gasteiger partial charge in [-0.05, 0) is 24.3 Å². The van der Waals surface area contributed by atoms with Gasteiger partial charge in [0, 0.05) is 6.26 Å². The number of sulfone groups is 1. The average molecular weight is 266 g/mol. The van der Waals surface area contributed by atoms with Crippen LogP contribution in [0.1, 0.15) is 0 Å². The lowest BCUT2D eigenvalue weighted by Crippen LogP contribution is -2.00. The van der Waals surface area contributed by atoms with Crippen LogP contribution in [-0.4, -0.2) is 14.7 Å². The molecule has 0 aliphatic rings. The van der Waals surface area contributed by atoms with E-state index in [4.69, 9.17) is 4.74 Å². The van der Waals surface area contributed by atoms with Crippen molar-refractivity contribution in [1.29, 1.82) is 0 Å². The molecule has 18 heavy (non-hydrogen) atoms. The summed E-state index contributed by atoms with van der Waals surface area (Å²) in [6, 6.07) is 12.0. The Bertz CT molecular complexity index is 665. The van der Waals surface area contributed by atoms with Crippen LogP contribution in [0, 0.1) is 5.82 Å². The summed E-state index contributed by atoms with van der Waals surface area (Å²) < 4.78 is 41.9. The van der Waals surface area contributed by atoms with Crippen molar-refractivity contribution in [3.8, 4) is 11.5 Å². The monoisotopic (exact) mass is 266 g/mol. The maximum Gasteiger partial charge on any atom is 0.179 e. The fourth-order valence-electron chi connectivity index (χ4n) is 1.49. The van der Waals surface area contributed by atoms with E-state index in [1.165, 1.54) is 30.3 Å². The Kier molecular flexibility index (Phi) is 3.34. The van der Waals surface area contributed by atoms with Crippen molar-refractivity contribution in [1.82, 2.24) is 0 Å². The van der Waals surface area contributed by atoms with Crippen molar-refractivity contribution in [3.63, 3.8) is 0 Å². The zero-order chi connectivity index (χ0) is 13.2. The molecule has 0 saturated heterocycles. The van der Waals surface area contributed by atoms with Gasteiger partial charge in [0.05, 0.1) is 0 Å². The van der Waals surface area contributed by atoms with Crippen molar-refractivity contribution >= 4 is 9.84 Å². The minimum Gasteiger partial charge on any atom is -0.453 e. The smallest absolute Gasteiger partial charge is 0.179 e. The molecule has 0 aliphatic carbocycles. The minimum atomic E-state index is -3.41. The van der Waals surface area contributed by atoms with Crippen LogP contribution in [0.5, 0.6) is 11.5 Å². The van der Waals surface area contributed by atoms with Crippen LogP contribution in [0.2, 0.25) is 0 Å². The summed E-state index contributed by atoms with van der Waals surface area (Å²) in [5.74, 6) is -0.431.